The number of halogens is 1. The zero-order valence-corrected chi connectivity index (χ0v) is 15.7. The molecule has 1 aromatic rings. The SMILES string of the molecule is CCCC(N)C(=O)NCC1(c2ccc3c(c2)OCCO3)CCCC1.Cl. The molecular formula is C19H29ClN2O3. The van der Waals surface area contributed by atoms with E-state index in [2.05, 4.69) is 17.4 Å². The van der Waals surface area contributed by atoms with Gasteiger partial charge < -0.3 is 20.5 Å². The van der Waals surface area contributed by atoms with E-state index in [1.807, 2.05) is 13.0 Å². The molecule has 0 bridgehead atoms. The fourth-order valence-corrected chi connectivity index (χ4v) is 3.82. The number of hydrogen-bond donors (Lipinski definition) is 2. The summed E-state index contributed by atoms with van der Waals surface area (Å²) in [4.78, 5) is 12.2. The lowest BCUT2D eigenvalue weighted by Crippen LogP contribution is -2.46. The molecule has 5 nitrogen and oxygen atoms in total. The van der Waals surface area contributed by atoms with Gasteiger partial charge in [0.1, 0.15) is 13.2 Å². The van der Waals surface area contributed by atoms with Gasteiger partial charge in [0.25, 0.3) is 0 Å². The third kappa shape index (κ3) is 4.39. The van der Waals surface area contributed by atoms with Crippen molar-refractivity contribution in [2.75, 3.05) is 19.8 Å². The van der Waals surface area contributed by atoms with Crippen LogP contribution in [-0.4, -0.2) is 31.7 Å². The Bertz CT molecular complexity index is 588. The summed E-state index contributed by atoms with van der Waals surface area (Å²) in [6.45, 7) is 3.87. The third-order valence-electron chi connectivity index (χ3n) is 5.25. The molecule has 140 valence electrons. The van der Waals surface area contributed by atoms with E-state index in [1.54, 1.807) is 0 Å². The molecule has 3 rings (SSSR count). The molecule has 1 heterocycles. The average Bonchev–Trinajstić information content (AvgIpc) is 3.09. The van der Waals surface area contributed by atoms with Crippen molar-refractivity contribution in [2.45, 2.75) is 56.9 Å². The second kappa shape index (κ2) is 8.77. The second-order valence-electron chi connectivity index (χ2n) is 6.96. The smallest absolute Gasteiger partial charge is 0.236 e. The normalized spacial score (nSPS) is 19.0. The van der Waals surface area contributed by atoms with Crippen LogP contribution in [0.15, 0.2) is 18.2 Å². The van der Waals surface area contributed by atoms with Gasteiger partial charge in [-0.25, -0.2) is 0 Å². The van der Waals surface area contributed by atoms with Crippen molar-refractivity contribution < 1.29 is 14.3 Å². The summed E-state index contributed by atoms with van der Waals surface area (Å²) < 4.78 is 11.4. The van der Waals surface area contributed by atoms with E-state index in [1.165, 1.54) is 18.4 Å². The van der Waals surface area contributed by atoms with Gasteiger partial charge in [0.2, 0.25) is 5.91 Å². The minimum absolute atomic E-state index is 0. The van der Waals surface area contributed by atoms with E-state index in [0.717, 1.165) is 37.2 Å². The molecule has 0 aromatic heterocycles. The molecule has 1 fully saturated rings. The van der Waals surface area contributed by atoms with Crippen LogP contribution in [-0.2, 0) is 10.2 Å². The van der Waals surface area contributed by atoms with Gasteiger partial charge in [-0.15, -0.1) is 12.4 Å². The van der Waals surface area contributed by atoms with Gasteiger partial charge in [0.15, 0.2) is 11.5 Å². The summed E-state index contributed by atoms with van der Waals surface area (Å²) in [6, 6.07) is 5.80. The Morgan fingerprint density at radius 2 is 1.92 bits per heavy atom. The maximum absolute atomic E-state index is 12.2. The highest BCUT2D eigenvalue weighted by Gasteiger charge is 2.37. The quantitative estimate of drug-likeness (QED) is 0.809. The Morgan fingerprint density at radius 1 is 1.24 bits per heavy atom. The lowest BCUT2D eigenvalue weighted by Gasteiger charge is -2.31. The molecule has 2 aliphatic rings. The number of carbonyl (C=O) groups excluding carboxylic acids is 1. The lowest BCUT2D eigenvalue weighted by atomic mass is 9.78. The van der Waals surface area contributed by atoms with Crippen LogP contribution in [0.4, 0.5) is 0 Å². The van der Waals surface area contributed by atoms with Crippen molar-refractivity contribution in [1.82, 2.24) is 5.32 Å². The number of carbonyl (C=O) groups is 1. The van der Waals surface area contributed by atoms with E-state index < -0.39 is 6.04 Å². The second-order valence-corrected chi connectivity index (χ2v) is 6.96. The van der Waals surface area contributed by atoms with Crippen molar-refractivity contribution in [2.24, 2.45) is 5.73 Å². The van der Waals surface area contributed by atoms with Crippen LogP contribution in [0.3, 0.4) is 0 Å². The van der Waals surface area contributed by atoms with Gasteiger partial charge in [0.05, 0.1) is 6.04 Å². The van der Waals surface area contributed by atoms with Gasteiger partial charge in [-0.05, 0) is 37.0 Å². The van der Waals surface area contributed by atoms with Crippen LogP contribution in [0.1, 0.15) is 51.0 Å². The molecule has 0 radical (unpaired) electrons. The fourth-order valence-electron chi connectivity index (χ4n) is 3.82. The number of nitrogens with two attached hydrogens (primary N) is 1. The van der Waals surface area contributed by atoms with Gasteiger partial charge in [-0.3, -0.25) is 4.79 Å². The lowest BCUT2D eigenvalue weighted by molar-refractivity contribution is -0.122. The van der Waals surface area contributed by atoms with Crippen molar-refractivity contribution in [3.8, 4) is 11.5 Å². The molecule has 1 aliphatic heterocycles. The van der Waals surface area contributed by atoms with Gasteiger partial charge >= 0.3 is 0 Å². The summed E-state index contributed by atoms with van der Waals surface area (Å²) in [6.07, 6.45) is 6.17. The highest BCUT2D eigenvalue weighted by molar-refractivity contribution is 5.85. The van der Waals surface area contributed by atoms with E-state index >= 15 is 0 Å². The number of benzene rings is 1. The summed E-state index contributed by atoms with van der Waals surface area (Å²) in [5.74, 6) is 1.59. The number of ether oxygens (including phenoxy) is 2. The predicted molar refractivity (Wildman–Crippen MR) is 101 cm³/mol. The zero-order chi connectivity index (χ0) is 17.0. The fraction of sp³-hybridized carbons (Fsp3) is 0.632. The van der Waals surface area contributed by atoms with Gasteiger partial charge in [0, 0.05) is 12.0 Å². The Kier molecular flexibility index (Phi) is 6.96. The average molecular weight is 369 g/mol. The van der Waals surface area contributed by atoms with E-state index in [9.17, 15) is 4.79 Å². The monoisotopic (exact) mass is 368 g/mol. The number of hydrogen-bond acceptors (Lipinski definition) is 4. The van der Waals surface area contributed by atoms with Crippen LogP contribution in [0.2, 0.25) is 0 Å². The molecule has 1 aliphatic carbocycles. The topological polar surface area (TPSA) is 73.6 Å². The van der Waals surface area contributed by atoms with Crippen LogP contribution in [0, 0.1) is 0 Å². The Hall–Kier alpha value is -1.46. The molecule has 1 aromatic carbocycles. The third-order valence-corrected chi connectivity index (χ3v) is 5.25. The summed E-state index contributed by atoms with van der Waals surface area (Å²) in [5, 5.41) is 3.09. The molecule has 25 heavy (non-hydrogen) atoms. The van der Waals surface area contributed by atoms with E-state index in [4.69, 9.17) is 15.2 Å². The van der Waals surface area contributed by atoms with E-state index in [0.29, 0.717) is 19.8 Å². The molecular weight excluding hydrogens is 340 g/mol. The van der Waals surface area contributed by atoms with Crippen LogP contribution >= 0.6 is 12.4 Å². The first-order chi connectivity index (χ1) is 11.6. The maximum atomic E-state index is 12.2. The van der Waals surface area contributed by atoms with Crippen LogP contribution in [0.5, 0.6) is 11.5 Å². The standard InChI is InChI=1S/C19H28N2O3.ClH/c1-2-5-15(20)18(22)21-13-19(8-3-4-9-19)14-6-7-16-17(12-14)24-11-10-23-16;/h6-7,12,15H,2-5,8-11,13,20H2,1H3,(H,21,22);1H. The molecule has 3 N–H and O–H groups in total. The molecule has 0 saturated heterocycles. The minimum Gasteiger partial charge on any atom is -0.486 e. The van der Waals surface area contributed by atoms with Crippen LogP contribution in [0.25, 0.3) is 0 Å². The number of amides is 1. The highest BCUT2D eigenvalue weighted by atomic mass is 35.5. The highest BCUT2D eigenvalue weighted by Crippen LogP contribution is 2.43. The van der Waals surface area contributed by atoms with Gasteiger partial charge in [-0.1, -0.05) is 32.3 Å². The Labute approximate surface area is 156 Å². The Morgan fingerprint density at radius 3 is 2.60 bits per heavy atom. The molecule has 0 spiro atoms. The molecule has 1 amide bonds. The molecule has 1 atom stereocenters. The van der Waals surface area contributed by atoms with Crippen molar-refractivity contribution in [3.63, 3.8) is 0 Å². The van der Waals surface area contributed by atoms with Gasteiger partial charge in [-0.2, -0.15) is 0 Å². The summed E-state index contributed by atoms with van der Waals surface area (Å²) in [7, 11) is 0. The zero-order valence-electron chi connectivity index (χ0n) is 14.9. The van der Waals surface area contributed by atoms with Crippen molar-refractivity contribution in [1.29, 1.82) is 0 Å². The molecule has 6 heteroatoms. The number of rotatable bonds is 6. The number of nitrogens with one attached hydrogen (secondary N) is 1. The summed E-state index contributed by atoms with van der Waals surface area (Å²) >= 11 is 0. The minimum atomic E-state index is -0.409. The first kappa shape index (κ1) is 19.9. The summed E-state index contributed by atoms with van der Waals surface area (Å²) in [5.41, 5.74) is 7.15. The van der Waals surface area contributed by atoms with Crippen molar-refractivity contribution >= 4 is 18.3 Å². The predicted octanol–water partition coefficient (Wildman–Crippen LogP) is 2.94. The molecule has 1 saturated carbocycles. The van der Waals surface area contributed by atoms with E-state index in [-0.39, 0.29) is 23.7 Å². The first-order valence-corrected chi connectivity index (χ1v) is 9.08. The maximum Gasteiger partial charge on any atom is 0.236 e. The molecule has 1 unspecified atom stereocenters. The van der Waals surface area contributed by atoms with Crippen molar-refractivity contribution in [3.05, 3.63) is 23.8 Å². The van der Waals surface area contributed by atoms with Crippen LogP contribution < -0.4 is 20.5 Å². The first-order valence-electron chi connectivity index (χ1n) is 9.08. The largest absolute Gasteiger partial charge is 0.486 e. The number of fused-ring (bicyclic) bond motifs is 1. The Balaban J connectivity index is 0.00000225.